The summed E-state index contributed by atoms with van der Waals surface area (Å²) >= 11 is 9.18. The second-order valence-electron chi connectivity index (χ2n) is 4.02. The van der Waals surface area contributed by atoms with E-state index in [9.17, 15) is 4.79 Å². The minimum atomic E-state index is -0.265. The maximum atomic E-state index is 11.9. The molecule has 102 valence electrons. The molecule has 0 aliphatic carbocycles. The van der Waals surface area contributed by atoms with Crippen molar-refractivity contribution in [1.82, 2.24) is 9.78 Å². The predicted molar refractivity (Wildman–Crippen MR) is 83.8 cm³/mol. The quantitative estimate of drug-likeness (QED) is 0.861. The molecule has 0 bridgehead atoms. The summed E-state index contributed by atoms with van der Waals surface area (Å²) in [6, 6.07) is 7.48. The van der Waals surface area contributed by atoms with E-state index < -0.39 is 0 Å². The second-order valence-corrected chi connectivity index (χ2v) is 5.25. The molecule has 4 nitrogen and oxygen atoms in total. The van der Waals surface area contributed by atoms with Gasteiger partial charge in [0.05, 0.1) is 11.9 Å². The molecular weight excluding hydrogens is 342 g/mol. The summed E-state index contributed by atoms with van der Waals surface area (Å²) in [6.07, 6.45) is 6.74. The molecule has 0 saturated carbocycles. The number of anilines is 1. The molecule has 1 aromatic carbocycles. The number of aromatic nitrogens is 2. The number of nitrogens with one attached hydrogen (secondary N) is 1. The van der Waals surface area contributed by atoms with E-state index in [1.54, 1.807) is 6.20 Å². The average molecular weight is 353 g/mol. The fourth-order valence-electron chi connectivity index (χ4n) is 1.63. The highest BCUT2D eigenvalue weighted by molar-refractivity contribution is 9.10. The highest BCUT2D eigenvalue weighted by Gasteiger charge is 2.08. The van der Waals surface area contributed by atoms with Crippen LogP contribution in [0.15, 0.2) is 39.7 Å². The molecule has 2 rings (SSSR count). The summed E-state index contributed by atoms with van der Waals surface area (Å²) < 4.78 is 1.62. The van der Waals surface area contributed by atoms with Gasteiger partial charge in [0, 0.05) is 11.6 Å². The largest absolute Gasteiger partial charge is 0.379 e. The fourth-order valence-corrected chi connectivity index (χ4v) is 2.29. The Hall–Kier alpha value is -1.77. The summed E-state index contributed by atoms with van der Waals surface area (Å²) in [5, 5.41) is 7.81. The Kier molecular flexibility index (Phi) is 4.83. The Morgan fingerprint density at radius 2 is 2.30 bits per heavy atom. The fraction of sp³-hybridized carbons (Fsp3) is 0.143. The van der Waals surface area contributed by atoms with Crippen molar-refractivity contribution in [2.24, 2.45) is 0 Å². The molecule has 1 N–H and O–H groups in total. The van der Waals surface area contributed by atoms with Gasteiger partial charge < -0.3 is 5.32 Å². The van der Waals surface area contributed by atoms with Crippen LogP contribution in [0, 0.1) is 12.3 Å². The minimum absolute atomic E-state index is 0.145. The Balaban J connectivity index is 2.17. The van der Waals surface area contributed by atoms with E-state index >= 15 is 0 Å². The van der Waals surface area contributed by atoms with Gasteiger partial charge in [-0.05, 0) is 33.6 Å². The molecular formula is C14H11BrClN3O. The van der Waals surface area contributed by atoms with Gasteiger partial charge in [-0.1, -0.05) is 29.7 Å². The molecule has 6 heteroatoms. The lowest BCUT2D eigenvalue weighted by Gasteiger charge is -2.09. The normalized spacial score (nSPS) is 10.1. The first-order chi connectivity index (χ1) is 9.61. The number of benzene rings is 1. The van der Waals surface area contributed by atoms with Gasteiger partial charge in [0.15, 0.2) is 0 Å². The van der Waals surface area contributed by atoms with Gasteiger partial charge in [-0.3, -0.25) is 4.79 Å². The van der Waals surface area contributed by atoms with E-state index in [0.29, 0.717) is 21.7 Å². The van der Waals surface area contributed by atoms with Crippen LogP contribution < -0.4 is 10.9 Å². The lowest BCUT2D eigenvalue weighted by atomic mass is 10.2. The molecule has 0 unspecified atom stereocenters. The summed E-state index contributed by atoms with van der Waals surface area (Å²) in [4.78, 5) is 11.9. The van der Waals surface area contributed by atoms with Crippen LogP contribution in [0.25, 0.3) is 0 Å². The first kappa shape index (κ1) is 14.6. The standard InChI is InChI=1S/C14H11BrClN3O/c1-2-6-19-14(20)13(15)12(9-18-19)17-8-10-4-3-5-11(16)7-10/h1,3-5,7,9,17H,6,8H2. The summed E-state index contributed by atoms with van der Waals surface area (Å²) in [7, 11) is 0. The van der Waals surface area contributed by atoms with Crippen molar-refractivity contribution < 1.29 is 0 Å². The van der Waals surface area contributed by atoms with Crippen molar-refractivity contribution in [3.05, 3.63) is 55.9 Å². The van der Waals surface area contributed by atoms with Gasteiger partial charge in [-0.25, -0.2) is 4.68 Å². The van der Waals surface area contributed by atoms with Gasteiger partial charge in [-0.15, -0.1) is 6.42 Å². The number of terminal acetylenes is 1. The zero-order chi connectivity index (χ0) is 14.5. The maximum Gasteiger partial charge on any atom is 0.284 e. The van der Waals surface area contributed by atoms with Gasteiger partial charge in [0.1, 0.15) is 11.0 Å². The van der Waals surface area contributed by atoms with Gasteiger partial charge in [0.25, 0.3) is 5.56 Å². The molecule has 1 heterocycles. The van der Waals surface area contributed by atoms with Crippen LogP contribution in [0.4, 0.5) is 5.69 Å². The molecule has 0 atom stereocenters. The zero-order valence-electron chi connectivity index (χ0n) is 10.4. The highest BCUT2D eigenvalue weighted by atomic mass is 79.9. The van der Waals surface area contributed by atoms with E-state index in [1.807, 2.05) is 24.3 Å². The molecule has 1 aromatic heterocycles. The van der Waals surface area contributed by atoms with Crippen LogP contribution in [0.2, 0.25) is 5.02 Å². The highest BCUT2D eigenvalue weighted by Crippen LogP contribution is 2.18. The summed E-state index contributed by atoms with van der Waals surface area (Å²) in [6.45, 7) is 0.686. The number of hydrogen-bond acceptors (Lipinski definition) is 3. The first-order valence-electron chi connectivity index (χ1n) is 5.79. The van der Waals surface area contributed by atoms with Crippen molar-refractivity contribution in [3.8, 4) is 12.3 Å². The predicted octanol–water partition coefficient (Wildman–Crippen LogP) is 2.90. The van der Waals surface area contributed by atoms with E-state index in [4.69, 9.17) is 18.0 Å². The van der Waals surface area contributed by atoms with Crippen LogP contribution in [0.1, 0.15) is 5.56 Å². The third-order valence-corrected chi connectivity index (χ3v) is 3.60. The number of rotatable bonds is 4. The first-order valence-corrected chi connectivity index (χ1v) is 6.96. The molecule has 0 radical (unpaired) electrons. The molecule has 2 aromatic rings. The van der Waals surface area contributed by atoms with Gasteiger partial charge >= 0.3 is 0 Å². The van der Waals surface area contributed by atoms with Crippen molar-refractivity contribution in [3.63, 3.8) is 0 Å². The lowest BCUT2D eigenvalue weighted by Crippen LogP contribution is -2.24. The zero-order valence-corrected chi connectivity index (χ0v) is 12.8. The van der Waals surface area contributed by atoms with Crippen molar-refractivity contribution in [1.29, 1.82) is 0 Å². The van der Waals surface area contributed by atoms with Crippen LogP contribution in [-0.2, 0) is 13.1 Å². The topological polar surface area (TPSA) is 46.9 Å². The van der Waals surface area contributed by atoms with Gasteiger partial charge in [0.2, 0.25) is 0 Å². The number of halogens is 2. The van der Waals surface area contributed by atoms with E-state index in [2.05, 4.69) is 32.3 Å². The van der Waals surface area contributed by atoms with E-state index in [0.717, 1.165) is 5.56 Å². The Labute approximate surface area is 129 Å². The Morgan fingerprint density at radius 1 is 1.50 bits per heavy atom. The van der Waals surface area contributed by atoms with Crippen molar-refractivity contribution in [2.45, 2.75) is 13.1 Å². The maximum absolute atomic E-state index is 11.9. The SMILES string of the molecule is C#CCn1ncc(NCc2cccc(Cl)c2)c(Br)c1=O. The minimum Gasteiger partial charge on any atom is -0.379 e. The van der Waals surface area contributed by atoms with E-state index in [-0.39, 0.29) is 12.1 Å². The third-order valence-electron chi connectivity index (χ3n) is 2.60. The van der Waals surface area contributed by atoms with Crippen LogP contribution in [0.5, 0.6) is 0 Å². The van der Waals surface area contributed by atoms with Crippen molar-refractivity contribution >= 4 is 33.2 Å². The summed E-state index contributed by atoms with van der Waals surface area (Å²) in [5.41, 5.74) is 1.36. The number of nitrogens with zero attached hydrogens (tertiary/aromatic N) is 2. The number of hydrogen-bond donors (Lipinski definition) is 1. The van der Waals surface area contributed by atoms with Crippen LogP contribution >= 0.6 is 27.5 Å². The smallest absolute Gasteiger partial charge is 0.284 e. The Morgan fingerprint density at radius 3 is 3.00 bits per heavy atom. The second kappa shape index (κ2) is 6.60. The average Bonchev–Trinajstić information content (AvgIpc) is 2.43. The molecule has 0 saturated heterocycles. The monoisotopic (exact) mass is 351 g/mol. The van der Waals surface area contributed by atoms with Crippen LogP contribution in [-0.4, -0.2) is 9.78 Å². The van der Waals surface area contributed by atoms with Gasteiger partial charge in [-0.2, -0.15) is 5.10 Å². The molecule has 0 spiro atoms. The molecule has 0 fully saturated rings. The summed E-state index contributed by atoms with van der Waals surface area (Å²) in [5.74, 6) is 2.38. The van der Waals surface area contributed by atoms with Crippen LogP contribution in [0.3, 0.4) is 0 Å². The molecule has 0 aliphatic rings. The molecule has 20 heavy (non-hydrogen) atoms. The van der Waals surface area contributed by atoms with E-state index in [1.165, 1.54) is 4.68 Å². The lowest BCUT2D eigenvalue weighted by molar-refractivity contribution is 0.659. The third kappa shape index (κ3) is 3.41. The van der Waals surface area contributed by atoms with Crippen molar-refractivity contribution in [2.75, 3.05) is 5.32 Å². The Bertz CT molecular complexity index is 721. The molecule has 0 amide bonds. The molecule has 0 aliphatic heterocycles.